The Morgan fingerprint density at radius 2 is 2.12 bits per heavy atom. The van der Waals surface area contributed by atoms with Gasteiger partial charge in [0, 0.05) is 25.6 Å². The summed E-state index contributed by atoms with van der Waals surface area (Å²) in [7, 11) is 0. The van der Waals surface area contributed by atoms with Crippen LogP contribution >= 0.6 is 0 Å². The van der Waals surface area contributed by atoms with Crippen molar-refractivity contribution >= 4 is 5.91 Å². The van der Waals surface area contributed by atoms with Crippen LogP contribution in [0.1, 0.15) is 32.6 Å². The lowest BCUT2D eigenvalue weighted by Crippen LogP contribution is -2.49. The predicted octanol–water partition coefficient (Wildman–Crippen LogP) is 1.91. The number of carbonyl (C=O) groups excluding carboxylic acids is 1. The first kappa shape index (κ1) is 14.3. The van der Waals surface area contributed by atoms with E-state index in [1.54, 1.807) is 0 Å². The van der Waals surface area contributed by atoms with Crippen molar-refractivity contribution in [3.63, 3.8) is 0 Å². The molecule has 3 nitrogen and oxygen atoms in total. The van der Waals surface area contributed by atoms with E-state index in [-0.39, 0.29) is 6.04 Å². The number of nitrogens with zero attached hydrogens (tertiary/aromatic N) is 1. The Morgan fingerprint density at radius 1 is 1.47 bits per heavy atom. The first-order chi connectivity index (χ1) is 7.83. The van der Waals surface area contributed by atoms with Gasteiger partial charge in [-0.1, -0.05) is 6.92 Å². The van der Waals surface area contributed by atoms with Crippen LogP contribution in [0.5, 0.6) is 0 Å². The van der Waals surface area contributed by atoms with Gasteiger partial charge in [0.15, 0.2) is 0 Å². The van der Waals surface area contributed by atoms with Gasteiger partial charge < -0.3 is 10.6 Å². The van der Waals surface area contributed by atoms with E-state index in [2.05, 4.69) is 6.92 Å². The third-order valence-electron chi connectivity index (χ3n) is 3.19. The molecule has 1 aliphatic heterocycles. The zero-order valence-corrected chi connectivity index (χ0v) is 9.96. The van der Waals surface area contributed by atoms with E-state index in [1.165, 1.54) is 4.90 Å². The topological polar surface area (TPSA) is 46.3 Å². The van der Waals surface area contributed by atoms with Crippen LogP contribution in [-0.2, 0) is 4.79 Å². The van der Waals surface area contributed by atoms with Gasteiger partial charge in [-0.05, 0) is 18.8 Å². The summed E-state index contributed by atoms with van der Waals surface area (Å²) in [5.41, 5.74) is 5.56. The number of amides is 1. The highest BCUT2D eigenvalue weighted by atomic mass is 19.4. The van der Waals surface area contributed by atoms with Crippen molar-refractivity contribution in [2.24, 2.45) is 11.7 Å². The predicted molar refractivity (Wildman–Crippen MR) is 58.2 cm³/mol. The van der Waals surface area contributed by atoms with Gasteiger partial charge in [-0.25, -0.2) is 0 Å². The summed E-state index contributed by atoms with van der Waals surface area (Å²) in [5, 5.41) is 0. The smallest absolute Gasteiger partial charge is 0.338 e. The Labute approximate surface area is 99.1 Å². The molecule has 1 saturated heterocycles. The molecule has 1 amide bonds. The molecule has 1 aliphatic rings. The Kier molecular flexibility index (Phi) is 4.80. The minimum atomic E-state index is -4.27. The monoisotopic (exact) mass is 252 g/mol. The van der Waals surface area contributed by atoms with E-state index in [0.717, 1.165) is 12.8 Å². The van der Waals surface area contributed by atoms with Gasteiger partial charge >= 0.3 is 6.18 Å². The number of nitrogens with two attached hydrogens (primary N) is 1. The van der Waals surface area contributed by atoms with Gasteiger partial charge in [-0.3, -0.25) is 4.79 Å². The number of rotatable bonds is 3. The van der Waals surface area contributed by atoms with Crippen molar-refractivity contribution in [3.8, 4) is 0 Å². The molecule has 0 aromatic heterocycles. The number of carbonyl (C=O) groups is 1. The molecule has 100 valence electrons. The SMILES string of the molecule is CC1CCN(C(=O)CCC(F)(F)F)C(CN)C1. The van der Waals surface area contributed by atoms with E-state index in [0.29, 0.717) is 19.0 Å². The highest BCUT2D eigenvalue weighted by molar-refractivity contribution is 5.76. The summed E-state index contributed by atoms with van der Waals surface area (Å²) in [5.74, 6) is 0.0555. The molecular formula is C11H19F3N2O. The molecule has 0 spiro atoms. The highest BCUT2D eigenvalue weighted by Crippen LogP contribution is 2.25. The zero-order valence-electron chi connectivity index (χ0n) is 9.96. The van der Waals surface area contributed by atoms with Crippen molar-refractivity contribution in [2.45, 2.75) is 44.8 Å². The maximum atomic E-state index is 12.0. The van der Waals surface area contributed by atoms with Crippen LogP contribution in [0.3, 0.4) is 0 Å². The third-order valence-corrected chi connectivity index (χ3v) is 3.19. The minimum absolute atomic E-state index is 0.0977. The second kappa shape index (κ2) is 5.71. The van der Waals surface area contributed by atoms with Crippen LogP contribution < -0.4 is 5.73 Å². The van der Waals surface area contributed by atoms with Crippen LogP contribution in [0.15, 0.2) is 0 Å². The van der Waals surface area contributed by atoms with Gasteiger partial charge in [0.2, 0.25) is 5.91 Å². The summed E-state index contributed by atoms with van der Waals surface area (Å²) in [6.45, 7) is 2.92. The maximum absolute atomic E-state index is 12.0. The average Bonchev–Trinajstić information content (AvgIpc) is 2.24. The summed E-state index contributed by atoms with van der Waals surface area (Å²) in [4.78, 5) is 13.2. The third kappa shape index (κ3) is 4.53. The maximum Gasteiger partial charge on any atom is 0.389 e. The van der Waals surface area contributed by atoms with Crippen LogP contribution in [0.2, 0.25) is 0 Å². The summed E-state index contributed by atoms with van der Waals surface area (Å²) in [6, 6.07) is -0.0977. The van der Waals surface area contributed by atoms with Crippen LogP contribution in [0.25, 0.3) is 0 Å². The Balaban J connectivity index is 2.50. The van der Waals surface area contributed by atoms with E-state index in [4.69, 9.17) is 5.73 Å². The van der Waals surface area contributed by atoms with Gasteiger partial charge in [0.1, 0.15) is 0 Å². The molecule has 2 atom stereocenters. The first-order valence-electron chi connectivity index (χ1n) is 5.89. The number of halogens is 3. The minimum Gasteiger partial charge on any atom is -0.338 e. The largest absolute Gasteiger partial charge is 0.389 e. The molecule has 0 aromatic rings. The van der Waals surface area contributed by atoms with E-state index in [1.807, 2.05) is 0 Å². The molecule has 0 aromatic carbocycles. The van der Waals surface area contributed by atoms with Gasteiger partial charge in [-0.2, -0.15) is 13.2 Å². The molecule has 6 heteroatoms. The standard InChI is InChI=1S/C11H19F3N2O/c1-8-3-5-16(9(6-8)7-15)10(17)2-4-11(12,13)14/h8-9H,2-7,15H2,1H3. The second-order valence-corrected chi connectivity index (χ2v) is 4.72. The number of piperidine rings is 1. The summed E-state index contributed by atoms with van der Waals surface area (Å²) in [6.07, 6.45) is -4.15. The zero-order chi connectivity index (χ0) is 13.1. The molecule has 0 aliphatic carbocycles. The summed E-state index contributed by atoms with van der Waals surface area (Å²) >= 11 is 0. The van der Waals surface area contributed by atoms with Crippen molar-refractivity contribution in [3.05, 3.63) is 0 Å². The fraction of sp³-hybridized carbons (Fsp3) is 0.909. The molecule has 0 radical (unpaired) electrons. The Morgan fingerprint density at radius 3 is 2.65 bits per heavy atom. The molecule has 0 saturated carbocycles. The molecule has 1 rings (SSSR count). The molecular weight excluding hydrogens is 233 g/mol. The highest BCUT2D eigenvalue weighted by Gasteiger charge is 2.32. The van der Waals surface area contributed by atoms with Crippen molar-refractivity contribution < 1.29 is 18.0 Å². The fourth-order valence-corrected chi connectivity index (χ4v) is 2.20. The van der Waals surface area contributed by atoms with Gasteiger partial charge in [0.05, 0.1) is 6.42 Å². The molecule has 1 heterocycles. The number of hydrogen-bond donors (Lipinski definition) is 1. The van der Waals surface area contributed by atoms with Crippen molar-refractivity contribution in [2.75, 3.05) is 13.1 Å². The average molecular weight is 252 g/mol. The summed E-state index contributed by atoms with van der Waals surface area (Å²) < 4.78 is 36.1. The second-order valence-electron chi connectivity index (χ2n) is 4.72. The lowest BCUT2D eigenvalue weighted by Gasteiger charge is -2.38. The lowest BCUT2D eigenvalue weighted by molar-refractivity contribution is -0.151. The van der Waals surface area contributed by atoms with Gasteiger partial charge in [-0.15, -0.1) is 0 Å². The van der Waals surface area contributed by atoms with Crippen molar-refractivity contribution in [1.82, 2.24) is 4.90 Å². The Hall–Kier alpha value is -0.780. The van der Waals surface area contributed by atoms with Crippen molar-refractivity contribution in [1.29, 1.82) is 0 Å². The molecule has 1 fully saturated rings. The molecule has 0 bridgehead atoms. The number of likely N-dealkylation sites (tertiary alicyclic amines) is 1. The van der Waals surface area contributed by atoms with Crippen LogP contribution in [-0.4, -0.2) is 36.1 Å². The van der Waals surface area contributed by atoms with Gasteiger partial charge in [0.25, 0.3) is 0 Å². The molecule has 2 unspecified atom stereocenters. The van der Waals surface area contributed by atoms with E-state index < -0.39 is 24.9 Å². The normalized spacial score (nSPS) is 26.1. The lowest BCUT2D eigenvalue weighted by atomic mass is 9.92. The first-order valence-corrected chi connectivity index (χ1v) is 5.89. The molecule has 17 heavy (non-hydrogen) atoms. The quantitative estimate of drug-likeness (QED) is 0.834. The van der Waals surface area contributed by atoms with E-state index >= 15 is 0 Å². The fourth-order valence-electron chi connectivity index (χ4n) is 2.20. The van der Waals surface area contributed by atoms with Crippen LogP contribution in [0.4, 0.5) is 13.2 Å². The number of alkyl halides is 3. The van der Waals surface area contributed by atoms with E-state index in [9.17, 15) is 18.0 Å². The number of hydrogen-bond acceptors (Lipinski definition) is 2. The molecule has 2 N–H and O–H groups in total. The Bertz CT molecular complexity index is 268. The van der Waals surface area contributed by atoms with Crippen LogP contribution in [0, 0.1) is 5.92 Å².